The lowest BCUT2D eigenvalue weighted by Gasteiger charge is -2.23. The van der Waals surface area contributed by atoms with Crippen LogP contribution in [0.2, 0.25) is 0 Å². The number of thiophene rings is 1. The van der Waals surface area contributed by atoms with E-state index in [1.807, 2.05) is 18.2 Å². The number of ether oxygens (including phenoxy) is 1. The summed E-state index contributed by atoms with van der Waals surface area (Å²) in [6.07, 6.45) is -0.0585. The average Bonchev–Trinajstić information content (AvgIpc) is 3.03. The second-order valence-corrected chi connectivity index (χ2v) is 7.14. The number of anilines is 1. The van der Waals surface area contributed by atoms with Gasteiger partial charge < -0.3 is 10.1 Å². The van der Waals surface area contributed by atoms with Crippen LogP contribution in [0.1, 0.15) is 12.0 Å². The zero-order valence-corrected chi connectivity index (χ0v) is 13.9. The Balaban J connectivity index is 1.55. The van der Waals surface area contributed by atoms with E-state index in [0.29, 0.717) is 5.56 Å². The molecule has 1 N–H and O–H groups in total. The lowest BCUT2D eigenvalue weighted by Crippen LogP contribution is -2.31. The fraction of sp³-hybridized carbons (Fsp3) is 0.200. The normalized spacial score (nSPS) is 16.2. The zero-order chi connectivity index (χ0) is 17.1. The van der Waals surface area contributed by atoms with Gasteiger partial charge in [-0.3, -0.25) is 19.7 Å². The molecule has 124 valence electrons. The van der Waals surface area contributed by atoms with E-state index in [1.165, 1.54) is 17.8 Å². The molecule has 9 heteroatoms. The van der Waals surface area contributed by atoms with Gasteiger partial charge in [-0.05, 0) is 12.1 Å². The lowest BCUT2D eigenvalue weighted by molar-refractivity contribution is -0.380. The summed E-state index contributed by atoms with van der Waals surface area (Å²) in [7, 11) is 0. The Bertz CT molecular complexity index is 805. The van der Waals surface area contributed by atoms with Crippen LogP contribution in [0.4, 0.5) is 10.7 Å². The number of hydrogen-bond acceptors (Lipinski definition) is 7. The molecule has 0 spiro atoms. The molecule has 0 radical (unpaired) electrons. The SMILES string of the molecule is O=C(CC1Sc2ccccc2NC1=O)OCc1csc([N+](=O)[O-])c1. The number of esters is 1. The maximum absolute atomic E-state index is 12.0. The molecule has 1 aromatic carbocycles. The molecule has 1 amide bonds. The lowest BCUT2D eigenvalue weighted by atomic mass is 10.2. The molecule has 3 rings (SSSR count). The number of amides is 1. The second-order valence-electron chi connectivity index (χ2n) is 5.01. The van der Waals surface area contributed by atoms with Crippen molar-refractivity contribution < 1.29 is 19.2 Å². The first-order chi connectivity index (χ1) is 11.5. The Morgan fingerprint density at radius 2 is 2.17 bits per heavy atom. The van der Waals surface area contributed by atoms with Gasteiger partial charge in [-0.15, -0.1) is 11.8 Å². The number of thioether (sulfide) groups is 1. The monoisotopic (exact) mass is 364 g/mol. The van der Waals surface area contributed by atoms with E-state index in [1.54, 1.807) is 11.4 Å². The molecule has 1 unspecified atom stereocenters. The van der Waals surface area contributed by atoms with Crippen molar-refractivity contribution in [2.75, 3.05) is 5.32 Å². The van der Waals surface area contributed by atoms with E-state index in [4.69, 9.17) is 4.74 Å². The van der Waals surface area contributed by atoms with E-state index < -0.39 is 16.1 Å². The molecule has 2 aromatic rings. The van der Waals surface area contributed by atoms with Gasteiger partial charge in [0, 0.05) is 21.9 Å². The quantitative estimate of drug-likeness (QED) is 0.497. The predicted molar refractivity (Wildman–Crippen MR) is 90.1 cm³/mol. The summed E-state index contributed by atoms with van der Waals surface area (Å²) in [6, 6.07) is 8.74. The Kier molecular flexibility index (Phi) is 4.81. The van der Waals surface area contributed by atoms with Crippen molar-refractivity contribution in [3.63, 3.8) is 0 Å². The van der Waals surface area contributed by atoms with Crippen LogP contribution in [0.3, 0.4) is 0 Å². The van der Waals surface area contributed by atoms with Crippen molar-refractivity contribution in [1.82, 2.24) is 0 Å². The number of nitrogens with zero attached hydrogens (tertiary/aromatic N) is 1. The van der Waals surface area contributed by atoms with Crippen LogP contribution in [-0.2, 0) is 20.9 Å². The van der Waals surface area contributed by atoms with Gasteiger partial charge in [-0.2, -0.15) is 0 Å². The van der Waals surface area contributed by atoms with Crippen LogP contribution in [0.15, 0.2) is 40.6 Å². The molecule has 0 aliphatic carbocycles. The van der Waals surface area contributed by atoms with Gasteiger partial charge in [0.05, 0.1) is 22.3 Å². The van der Waals surface area contributed by atoms with Gasteiger partial charge in [0.1, 0.15) is 6.61 Å². The third kappa shape index (κ3) is 3.74. The number of carbonyl (C=O) groups excluding carboxylic acids is 2. The molecule has 24 heavy (non-hydrogen) atoms. The third-order valence-electron chi connectivity index (χ3n) is 3.28. The Labute approximate surface area is 145 Å². The first-order valence-electron chi connectivity index (χ1n) is 6.97. The van der Waals surface area contributed by atoms with Crippen molar-refractivity contribution >= 4 is 45.7 Å². The van der Waals surface area contributed by atoms with Crippen molar-refractivity contribution in [2.24, 2.45) is 0 Å². The van der Waals surface area contributed by atoms with Gasteiger partial charge in [0.2, 0.25) is 5.91 Å². The number of nitrogens with one attached hydrogen (secondary N) is 1. The molecule has 2 heterocycles. The second kappa shape index (κ2) is 7.02. The molecule has 1 aliphatic rings. The van der Waals surface area contributed by atoms with Gasteiger partial charge in [0.15, 0.2) is 0 Å². The highest BCUT2D eigenvalue weighted by Gasteiger charge is 2.29. The molecule has 0 saturated carbocycles. The van der Waals surface area contributed by atoms with E-state index in [9.17, 15) is 19.7 Å². The highest BCUT2D eigenvalue weighted by molar-refractivity contribution is 8.01. The fourth-order valence-electron chi connectivity index (χ4n) is 2.14. The molecule has 0 fully saturated rings. The van der Waals surface area contributed by atoms with Gasteiger partial charge in [-0.25, -0.2) is 0 Å². The largest absolute Gasteiger partial charge is 0.461 e. The summed E-state index contributed by atoms with van der Waals surface area (Å²) in [5.41, 5.74) is 1.30. The summed E-state index contributed by atoms with van der Waals surface area (Å²) in [4.78, 5) is 35.0. The maximum atomic E-state index is 12.0. The molecule has 7 nitrogen and oxygen atoms in total. The standard InChI is InChI=1S/C15H12N2O5S2/c18-14(22-7-9-5-13(17(20)21)23-8-9)6-12-15(19)16-10-3-1-2-4-11(10)24-12/h1-5,8,12H,6-7H2,(H,16,19). The van der Waals surface area contributed by atoms with Crippen molar-refractivity contribution in [2.45, 2.75) is 23.2 Å². The van der Waals surface area contributed by atoms with E-state index in [2.05, 4.69) is 5.32 Å². The van der Waals surface area contributed by atoms with Gasteiger partial charge in [0.25, 0.3) is 0 Å². The van der Waals surface area contributed by atoms with Gasteiger partial charge >= 0.3 is 11.0 Å². The zero-order valence-electron chi connectivity index (χ0n) is 12.3. The van der Waals surface area contributed by atoms with E-state index in [0.717, 1.165) is 21.9 Å². The molecule has 0 bridgehead atoms. The minimum Gasteiger partial charge on any atom is -0.461 e. The number of para-hydroxylation sites is 1. The molecule has 1 aliphatic heterocycles. The Hall–Kier alpha value is -2.39. The predicted octanol–water partition coefficient (Wildman–Crippen LogP) is 3.20. The van der Waals surface area contributed by atoms with Crippen LogP contribution < -0.4 is 5.32 Å². The number of hydrogen-bond donors (Lipinski definition) is 1. The van der Waals surface area contributed by atoms with Gasteiger partial charge in [-0.1, -0.05) is 23.5 Å². The summed E-state index contributed by atoms with van der Waals surface area (Å²) in [6.45, 7) is -0.0429. The topological polar surface area (TPSA) is 98.5 Å². The molecule has 1 atom stereocenters. The van der Waals surface area contributed by atoms with E-state index >= 15 is 0 Å². The highest BCUT2D eigenvalue weighted by Crippen LogP contribution is 2.36. The number of benzene rings is 1. The van der Waals surface area contributed by atoms with Crippen LogP contribution in [-0.4, -0.2) is 22.0 Å². The highest BCUT2D eigenvalue weighted by atomic mass is 32.2. The van der Waals surface area contributed by atoms with Crippen molar-refractivity contribution in [3.05, 3.63) is 51.4 Å². The minimum atomic E-state index is -0.552. The average molecular weight is 364 g/mol. The number of rotatable bonds is 5. The fourth-order valence-corrected chi connectivity index (χ4v) is 3.94. The van der Waals surface area contributed by atoms with Crippen LogP contribution in [0.5, 0.6) is 0 Å². The van der Waals surface area contributed by atoms with Crippen LogP contribution in [0, 0.1) is 10.1 Å². The Morgan fingerprint density at radius 1 is 1.38 bits per heavy atom. The number of nitro groups is 1. The molecular formula is C15H12N2O5S2. The van der Waals surface area contributed by atoms with E-state index in [-0.39, 0.29) is 23.9 Å². The van der Waals surface area contributed by atoms with Crippen LogP contribution in [0.25, 0.3) is 0 Å². The van der Waals surface area contributed by atoms with Crippen molar-refractivity contribution in [1.29, 1.82) is 0 Å². The van der Waals surface area contributed by atoms with Crippen molar-refractivity contribution in [3.8, 4) is 0 Å². The first kappa shape index (κ1) is 16.5. The minimum absolute atomic E-state index is 0.000121. The summed E-state index contributed by atoms with van der Waals surface area (Å²) in [5.74, 6) is -0.752. The maximum Gasteiger partial charge on any atom is 0.324 e. The summed E-state index contributed by atoms with van der Waals surface area (Å²) >= 11 is 2.30. The molecular weight excluding hydrogens is 352 g/mol. The Morgan fingerprint density at radius 3 is 2.92 bits per heavy atom. The number of fused-ring (bicyclic) bond motifs is 1. The third-order valence-corrected chi connectivity index (χ3v) is 5.48. The molecule has 0 saturated heterocycles. The summed E-state index contributed by atoms with van der Waals surface area (Å²) < 4.78 is 5.11. The van der Waals surface area contributed by atoms with Crippen LogP contribution >= 0.6 is 23.1 Å². The first-order valence-corrected chi connectivity index (χ1v) is 8.73. The smallest absolute Gasteiger partial charge is 0.324 e. The number of carbonyl (C=O) groups is 2. The molecule has 1 aromatic heterocycles. The summed E-state index contributed by atoms with van der Waals surface area (Å²) in [5, 5.41) is 14.4.